The molecule has 0 bridgehead atoms. The third-order valence-electron chi connectivity index (χ3n) is 12.4. The molecule has 0 spiro atoms. The van der Waals surface area contributed by atoms with Crippen LogP contribution in [0.5, 0.6) is 0 Å². The lowest BCUT2D eigenvalue weighted by atomic mass is 10.1. The van der Waals surface area contributed by atoms with Crippen LogP contribution in [0.15, 0.2) is 85.2 Å². The fourth-order valence-corrected chi connectivity index (χ4v) is 7.96. The highest BCUT2D eigenvalue weighted by Gasteiger charge is 2.25. The van der Waals surface area contributed by atoms with Crippen LogP contribution in [-0.4, -0.2) is 77.4 Å². The Kier molecular flexibility index (Phi) is 12.2. The molecule has 4 heterocycles. The first-order valence-electron chi connectivity index (χ1n) is 22.9. The number of carbonyl (C=O) groups excluding carboxylic acids is 2. The van der Waals surface area contributed by atoms with E-state index in [0.29, 0.717) is 47.9 Å². The van der Waals surface area contributed by atoms with Crippen LogP contribution < -0.4 is 21.3 Å². The van der Waals surface area contributed by atoms with Gasteiger partial charge in [-0.1, -0.05) is 38.1 Å². The summed E-state index contributed by atoms with van der Waals surface area (Å²) in [6.07, 6.45) is 9.76. The fraction of sp³-hybridized carbons (Fsp3) is 0.346. The molecule has 2 aliphatic rings. The number of nitrogens with zero attached hydrogens (tertiary/aromatic N) is 6. The van der Waals surface area contributed by atoms with E-state index < -0.39 is 0 Å². The number of nitrogens with one attached hydrogen (secondary N) is 4. The highest BCUT2D eigenvalue weighted by Crippen LogP contribution is 2.32. The third kappa shape index (κ3) is 9.37. The number of aryl methyl sites for hydroxylation is 4. The normalized spacial score (nSPS) is 13.7. The van der Waals surface area contributed by atoms with Crippen molar-refractivity contribution < 1.29 is 14.7 Å². The van der Waals surface area contributed by atoms with E-state index in [1.54, 1.807) is 0 Å². The molecule has 0 atom stereocenters. The van der Waals surface area contributed by atoms with Crippen LogP contribution >= 0.6 is 0 Å². The lowest BCUT2D eigenvalue weighted by Gasteiger charge is -2.14. The Balaban J connectivity index is 0.000000164. The van der Waals surface area contributed by atoms with E-state index in [1.165, 1.54) is 22.3 Å². The quantitative estimate of drug-likeness (QED) is 0.0671. The van der Waals surface area contributed by atoms with Gasteiger partial charge in [-0.15, -0.1) is 0 Å². The predicted octanol–water partition coefficient (Wildman–Crippen LogP) is 9.37. The summed E-state index contributed by atoms with van der Waals surface area (Å²) in [5.74, 6) is 2.09. The third-order valence-corrected chi connectivity index (χ3v) is 12.4. The van der Waals surface area contributed by atoms with Crippen molar-refractivity contribution >= 4 is 56.8 Å². The Morgan fingerprint density at radius 3 is 1.45 bits per heavy atom. The van der Waals surface area contributed by atoms with Crippen molar-refractivity contribution in [1.82, 2.24) is 39.4 Å². The van der Waals surface area contributed by atoms with Gasteiger partial charge in [0, 0.05) is 54.0 Å². The zero-order valence-corrected chi connectivity index (χ0v) is 38.1. The number of aliphatic hydroxyl groups excluding tert-OH is 1. The van der Waals surface area contributed by atoms with Crippen LogP contribution in [-0.2, 0) is 0 Å². The topological polar surface area (TPSA) is 163 Å². The standard InChI is InChI=1S/C27H31N5O.C25H27N5O2/c1-16(2)11-12-28-25-26-29-15-24(32(26)23-14-18(4)17(3)13-22(23)31-25)19-5-7-20(8-6-19)27(33)30-21-9-10-21;1-15-12-20-21(13-16(15)2)30-22(14-27-24(30)23(29-20)26-10-3-11-31)17-4-6-18(7-5-17)25(32)28-19-8-9-19/h5-8,13-16,21H,9-12H2,1-4H3,(H,28,31)(H,30,33);4-7,12-14,19,31H,3,8-11H2,1-2H3,(H,26,29)(H,28,32). The molecule has 2 aliphatic carbocycles. The fourth-order valence-electron chi connectivity index (χ4n) is 7.96. The molecule has 2 saturated carbocycles. The van der Waals surface area contributed by atoms with Crippen molar-refractivity contribution in [2.24, 2.45) is 5.92 Å². The Hall–Kier alpha value is -6.86. The molecule has 8 aromatic rings. The van der Waals surface area contributed by atoms with Gasteiger partial charge in [0.1, 0.15) is 0 Å². The summed E-state index contributed by atoms with van der Waals surface area (Å²) in [7, 11) is 0. The van der Waals surface area contributed by atoms with Crippen molar-refractivity contribution in [3.05, 3.63) is 119 Å². The van der Waals surface area contributed by atoms with E-state index in [1.807, 2.05) is 60.9 Å². The molecule has 2 fully saturated rings. The molecule has 10 rings (SSSR count). The van der Waals surface area contributed by atoms with Gasteiger partial charge in [0.2, 0.25) is 0 Å². The Morgan fingerprint density at radius 2 is 1.05 bits per heavy atom. The molecule has 0 saturated heterocycles. The number of hydrogen-bond donors (Lipinski definition) is 5. The molecule has 5 N–H and O–H groups in total. The zero-order valence-electron chi connectivity index (χ0n) is 38.1. The maximum atomic E-state index is 12.4. The van der Waals surface area contributed by atoms with Crippen LogP contribution in [0.4, 0.5) is 11.6 Å². The number of rotatable bonds is 14. The minimum atomic E-state index is -0.0201. The second kappa shape index (κ2) is 18.3. The highest BCUT2D eigenvalue weighted by atomic mass is 16.3. The predicted molar refractivity (Wildman–Crippen MR) is 260 cm³/mol. The number of aliphatic hydroxyl groups is 1. The second-order valence-electron chi connectivity index (χ2n) is 18.1. The molecule has 4 aromatic carbocycles. The minimum absolute atomic E-state index is 0.000388. The van der Waals surface area contributed by atoms with E-state index in [0.717, 1.165) is 100 Å². The van der Waals surface area contributed by atoms with Gasteiger partial charge in [-0.3, -0.25) is 18.4 Å². The van der Waals surface area contributed by atoms with Crippen LogP contribution in [0.25, 0.3) is 55.9 Å². The lowest BCUT2D eigenvalue weighted by Crippen LogP contribution is -2.25. The summed E-state index contributed by atoms with van der Waals surface area (Å²) in [5.41, 5.74) is 15.5. The molecule has 13 heteroatoms. The van der Waals surface area contributed by atoms with Gasteiger partial charge in [-0.25, -0.2) is 19.9 Å². The summed E-state index contributed by atoms with van der Waals surface area (Å²) < 4.78 is 4.31. The number of carbonyl (C=O) groups is 2. The van der Waals surface area contributed by atoms with Gasteiger partial charge in [0.25, 0.3) is 11.8 Å². The molecular formula is C52H58N10O3. The van der Waals surface area contributed by atoms with Gasteiger partial charge < -0.3 is 26.4 Å². The monoisotopic (exact) mass is 870 g/mol. The van der Waals surface area contributed by atoms with Crippen molar-refractivity contribution in [3.8, 4) is 22.5 Å². The van der Waals surface area contributed by atoms with Gasteiger partial charge >= 0.3 is 0 Å². The molecular weight excluding hydrogens is 813 g/mol. The number of amides is 2. The van der Waals surface area contributed by atoms with Crippen LogP contribution in [0.3, 0.4) is 0 Å². The molecule has 2 amide bonds. The SMILES string of the molecule is Cc1cc2nc(NCCC(C)C)c3ncc(-c4ccc(C(=O)NC5CC5)cc4)n3c2cc1C.Cc1cc2nc(NCCCO)c3ncc(-c4ccc(C(=O)NC5CC5)cc4)n3c2cc1C. The number of hydrogen-bond acceptors (Lipinski definition) is 9. The highest BCUT2D eigenvalue weighted by molar-refractivity contribution is 5.96. The van der Waals surface area contributed by atoms with Crippen molar-refractivity contribution in [2.75, 3.05) is 30.3 Å². The Labute approximate surface area is 379 Å². The van der Waals surface area contributed by atoms with E-state index >= 15 is 0 Å². The first-order valence-corrected chi connectivity index (χ1v) is 22.9. The molecule has 4 aromatic heterocycles. The number of aromatic nitrogens is 6. The largest absolute Gasteiger partial charge is 0.396 e. The van der Waals surface area contributed by atoms with Crippen LogP contribution in [0.1, 0.15) is 95.3 Å². The minimum Gasteiger partial charge on any atom is -0.396 e. The smallest absolute Gasteiger partial charge is 0.251 e. The van der Waals surface area contributed by atoms with Gasteiger partial charge in [0.15, 0.2) is 22.9 Å². The van der Waals surface area contributed by atoms with E-state index in [9.17, 15) is 9.59 Å². The number of fused-ring (bicyclic) bond motifs is 6. The molecule has 334 valence electrons. The van der Waals surface area contributed by atoms with Crippen LogP contribution in [0, 0.1) is 33.6 Å². The van der Waals surface area contributed by atoms with Gasteiger partial charge in [-0.2, -0.15) is 0 Å². The zero-order chi connectivity index (χ0) is 45.4. The second-order valence-corrected chi connectivity index (χ2v) is 18.1. The van der Waals surface area contributed by atoms with Crippen molar-refractivity contribution in [2.45, 2.75) is 92.2 Å². The maximum Gasteiger partial charge on any atom is 0.251 e. The van der Waals surface area contributed by atoms with Crippen molar-refractivity contribution in [1.29, 1.82) is 0 Å². The number of anilines is 2. The lowest BCUT2D eigenvalue weighted by molar-refractivity contribution is 0.0942. The summed E-state index contributed by atoms with van der Waals surface area (Å²) >= 11 is 0. The first-order chi connectivity index (χ1) is 31.4. The molecule has 0 unspecified atom stereocenters. The molecule has 13 nitrogen and oxygen atoms in total. The molecule has 0 aliphatic heterocycles. The van der Waals surface area contributed by atoms with Crippen LogP contribution in [0.2, 0.25) is 0 Å². The Morgan fingerprint density at radius 1 is 0.631 bits per heavy atom. The van der Waals surface area contributed by atoms with E-state index in [4.69, 9.17) is 20.1 Å². The summed E-state index contributed by atoms with van der Waals surface area (Å²) in [4.78, 5) is 43.9. The number of imidazole rings is 2. The average molecular weight is 871 g/mol. The average Bonchev–Trinajstić information content (AvgIpc) is 4.21. The van der Waals surface area contributed by atoms with Gasteiger partial charge in [0.05, 0.1) is 45.8 Å². The maximum absolute atomic E-state index is 12.4. The summed E-state index contributed by atoms with van der Waals surface area (Å²) in [6, 6.07) is 24.7. The van der Waals surface area contributed by atoms with E-state index in [-0.39, 0.29) is 18.4 Å². The Bertz CT molecular complexity index is 3050. The van der Waals surface area contributed by atoms with E-state index in [2.05, 4.69) is 101 Å². The molecule has 0 radical (unpaired) electrons. The summed E-state index contributed by atoms with van der Waals surface area (Å²) in [5, 5.41) is 22.1. The summed E-state index contributed by atoms with van der Waals surface area (Å²) in [6.45, 7) is 14.4. The first kappa shape index (κ1) is 43.4. The molecule has 65 heavy (non-hydrogen) atoms. The van der Waals surface area contributed by atoms with Gasteiger partial charge in [-0.05, 0) is 143 Å². The number of benzene rings is 4. The van der Waals surface area contributed by atoms with Crippen molar-refractivity contribution in [3.63, 3.8) is 0 Å².